The Bertz CT molecular complexity index is 2100. The molecule has 5 aromatic rings. The first-order valence-electron chi connectivity index (χ1n) is 17.3. The number of fused-ring (bicyclic) bond motifs is 1. The molecule has 0 radical (unpaired) electrons. The van der Waals surface area contributed by atoms with Gasteiger partial charge in [-0.25, -0.2) is 4.98 Å². The van der Waals surface area contributed by atoms with Gasteiger partial charge in [0.05, 0.1) is 40.0 Å². The molecule has 1 aliphatic rings. The van der Waals surface area contributed by atoms with Gasteiger partial charge in [-0.2, -0.15) is 4.98 Å². The van der Waals surface area contributed by atoms with Crippen LogP contribution >= 0.6 is 0 Å². The van der Waals surface area contributed by atoms with E-state index in [1.807, 2.05) is 78.9 Å². The third-order valence-corrected chi connectivity index (χ3v) is 9.15. The number of aromatic amines is 1. The topological polar surface area (TPSA) is 193 Å². The molecule has 15 nitrogen and oxygen atoms in total. The number of anilines is 1. The molecule has 0 aliphatic carbocycles. The van der Waals surface area contributed by atoms with Crippen LogP contribution in [0.25, 0.3) is 11.2 Å². The van der Waals surface area contributed by atoms with Crippen LogP contribution in [0.3, 0.4) is 0 Å². The van der Waals surface area contributed by atoms with Gasteiger partial charge in [-0.15, -0.1) is 0 Å². The predicted molar refractivity (Wildman–Crippen MR) is 195 cm³/mol. The van der Waals surface area contributed by atoms with Crippen molar-refractivity contribution in [2.24, 2.45) is 5.92 Å². The fourth-order valence-electron chi connectivity index (χ4n) is 6.32. The molecule has 0 bridgehead atoms. The van der Waals surface area contributed by atoms with E-state index < -0.39 is 48.0 Å². The third kappa shape index (κ3) is 7.96. The molecule has 0 saturated carbocycles. The summed E-state index contributed by atoms with van der Waals surface area (Å²) in [6, 6.07) is 24.6. The molecule has 1 fully saturated rings. The average molecular weight is 740 g/mol. The number of H-pyrrole nitrogens is 1. The van der Waals surface area contributed by atoms with Gasteiger partial charge in [-0.3, -0.25) is 34.0 Å². The number of esters is 1. The molecule has 3 N–H and O–H groups in total. The molecule has 3 atom stereocenters. The first-order valence-corrected chi connectivity index (χ1v) is 17.3. The van der Waals surface area contributed by atoms with E-state index >= 15 is 0 Å². The lowest BCUT2D eigenvalue weighted by Gasteiger charge is -2.37. The van der Waals surface area contributed by atoms with Crippen LogP contribution in [-0.2, 0) is 34.2 Å². The van der Waals surface area contributed by atoms with Crippen molar-refractivity contribution in [1.29, 1.82) is 0 Å². The predicted octanol–water partition coefficient (Wildman–Crippen LogP) is 4.80. The van der Waals surface area contributed by atoms with E-state index in [1.54, 1.807) is 28.1 Å². The van der Waals surface area contributed by atoms with E-state index in [2.05, 4.69) is 20.3 Å². The molecule has 3 heterocycles. The van der Waals surface area contributed by atoms with E-state index in [-0.39, 0.29) is 48.4 Å². The number of imidazole rings is 1. The second-order valence-corrected chi connectivity index (χ2v) is 13.0. The number of methoxy groups -OCH3 is 2. The number of carboxylic acid groups (broad SMARTS) is 1. The van der Waals surface area contributed by atoms with Crippen LogP contribution in [0, 0.1) is 5.92 Å². The van der Waals surface area contributed by atoms with Crippen molar-refractivity contribution in [3.63, 3.8) is 0 Å². The number of aromatic nitrogens is 4. The molecule has 1 aliphatic heterocycles. The summed E-state index contributed by atoms with van der Waals surface area (Å²) in [5, 5.41) is 11.8. The highest BCUT2D eigenvalue weighted by molar-refractivity contribution is 5.91. The zero-order valence-electron chi connectivity index (χ0n) is 30.2. The molecular formula is C39H41N5O10. The Hall–Kier alpha value is -6.06. The summed E-state index contributed by atoms with van der Waals surface area (Å²) in [5.74, 6) is -1.34. The van der Waals surface area contributed by atoms with Crippen molar-refractivity contribution in [3.8, 4) is 11.5 Å². The minimum atomic E-state index is -1.22. The molecule has 0 spiro atoms. The Labute approximate surface area is 310 Å². The summed E-state index contributed by atoms with van der Waals surface area (Å²) in [6.45, 7) is 3.30. The number of ether oxygens (including phenoxy) is 5. The van der Waals surface area contributed by atoms with Gasteiger partial charge in [0.25, 0.3) is 5.56 Å². The summed E-state index contributed by atoms with van der Waals surface area (Å²) >= 11 is 0. The summed E-state index contributed by atoms with van der Waals surface area (Å²) < 4.78 is 31.9. The number of rotatable bonds is 15. The fraction of sp³-hybridized carbons (Fsp3) is 0.333. The van der Waals surface area contributed by atoms with Gasteiger partial charge >= 0.3 is 11.9 Å². The van der Waals surface area contributed by atoms with Gasteiger partial charge in [-0.1, -0.05) is 68.4 Å². The van der Waals surface area contributed by atoms with Gasteiger partial charge in [0.15, 0.2) is 11.2 Å². The number of carboxylic acids is 1. The van der Waals surface area contributed by atoms with Crippen LogP contribution in [0.5, 0.6) is 11.5 Å². The number of nitrogens with zero attached hydrogens (tertiary/aromatic N) is 3. The highest BCUT2D eigenvalue weighted by Crippen LogP contribution is 2.43. The average Bonchev–Trinajstić information content (AvgIpc) is 3.79. The monoisotopic (exact) mass is 739 g/mol. The molecule has 0 unspecified atom stereocenters. The lowest BCUT2D eigenvalue weighted by atomic mass is 9.80. The number of benzene rings is 3. The van der Waals surface area contributed by atoms with Crippen molar-refractivity contribution >= 4 is 35.0 Å². The highest BCUT2D eigenvalue weighted by atomic mass is 16.6. The van der Waals surface area contributed by atoms with E-state index in [0.29, 0.717) is 11.5 Å². The molecule has 6 rings (SSSR count). The Morgan fingerprint density at radius 3 is 2.13 bits per heavy atom. The van der Waals surface area contributed by atoms with Crippen LogP contribution < -0.4 is 20.3 Å². The second kappa shape index (κ2) is 16.3. The number of aliphatic carboxylic acids is 1. The first kappa shape index (κ1) is 37.7. The van der Waals surface area contributed by atoms with Gasteiger partial charge in [-0.05, 0) is 41.0 Å². The SMILES string of the molecule is COc1ccc(C(OC[C@H]2O[C@@H](n3cnc4c(=O)[nH]c(NC(=O)C(C)C)nc43)C[C@H]2OC(=O)CCC(=O)O)(c2ccccc2)c2ccc(OC)cc2)cc1. The zero-order valence-corrected chi connectivity index (χ0v) is 30.2. The van der Waals surface area contributed by atoms with E-state index in [1.165, 1.54) is 10.9 Å². The zero-order chi connectivity index (χ0) is 38.4. The van der Waals surface area contributed by atoms with Gasteiger partial charge in [0, 0.05) is 12.3 Å². The highest BCUT2D eigenvalue weighted by Gasteiger charge is 2.44. The lowest BCUT2D eigenvalue weighted by molar-refractivity contribution is -0.157. The molecular weight excluding hydrogens is 698 g/mol. The number of carbonyl (C=O) groups is 3. The van der Waals surface area contributed by atoms with Crippen LogP contribution in [0.1, 0.15) is 56.0 Å². The Morgan fingerprint density at radius 2 is 1.56 bits per heavy atom. The first-order chi connectivity index (χ1) is 26.0. The van der Waals surface area contributed by atoms with Gasteiger partial charge in [0.1, 0.15) is 35.5 Å². The summed E-state index contributed by atoms with van der Waals surface area (Å²) in [4.78, 5) is 60.8. The second-order valence-electron chi connectivity index (χ2n) is 13.0. The maximum absolute atomic E-state index is 13.0. The molecule has 1 saturated heterocycles. The Morgan fingerprint density at radius 1 is 0.944 bits per heavy atom. The molecule has 2 aromatic heterocycles. The molecule has 1 amide bonds. The number of hydrogen-bond acceptors (Lipinski definition) is 11. The fourth-order valence-corrected chi connectivity index (χ4v) is 6.32. The van der Waals surface area contributed by atoms with E-state index in [9.17, 15) is 24.3 Å². The third-order valence-electron chi connectivity index (χ3n) is 9.15. The maximum Gasteiger partial charge on any atom is 0.306 e. The number of hydrogen-bond donors (Lipinski definition) is 3. The number of carbonyl (C=O) groups excluding carboxylic acids is 2. The smallest absolute Gasteiger partial charge is 0.306 e. The Balaban J connectivity index is 1.39. The largest absolute Gasteiger partial charge is 0.497 e. The minimum absolute atomic E-state index is 0.0120. The Kier molecular flexibility index (Phi) is 11.4. The molecule has 282 valence electrons. The van der Waals surface area contributed by atoms with Gasteiger partial charge in [0.2, 0.25) is 11.9 Å². The van der Waals surface area contributed by atoms with Crippen molar-refractivity contribution in [1.82, 2.24) is 19.5 Å². The summed E-state index contributed by atoms with van der Waals surface area (Å²) in [7, 11) is 3.17. The molecule has 15 heteroatoms. The van der Waals surface area contributed by atoms with Crippen LogP contribution in [0.4, 0.5) is 5.95 Å². The summed E-state index contributed by atoms with van der Waals surface area (Å²) in [6.07, 6.45) is -1.92. The quantitative estimate of drug-likeness (QED) is 0.0983. The minimum Gasteiger partial charge on any atom is -0.497 e. The van der Waals surface area contributed by atoms with Crippen LogP contribution in [-0.4, -0.2) is 75.5 Å². The van der Waals surface area contributed by atoms with Crippen molar-refractivity contribution < 1.29 is 43.2 Å². The summed E-state index contributed by atoms with van der Waals surface area (Å²) in [5.41, 5.74) is 0.685. The van der Waals surface area contributed by atoms with Crippen molar-refractivity contribution in [2.75, 3.05) is 26.1 Å². The number of amides is 1. The van der Waals surface area contributed by atoms with Crippen molar-refractivity contribution in [3.05, 3.63) is 112 Å². The standard InChI is InChI=1S/C39H41N5O10/c1-23(2)36(48)42-38-41-35-34(37(49)43-38)40-22-44(35)31-20-29(54-33(47)19-18-32(45)46)30(53-31)21-52-39(24-8-6-5-7-9-24,25-10-14-27(50-3)15-11-25)26-12-16-28(51-4)17-13-26/h5-17,22-23,29-31H,18-21H2,1-4H3,(H,45,46)(H2,41,42,43,48,49)/t29-,30-,31-/m1/s1. The van der Waals surface area contributed by atoms with E-state index in [4.69, 9.17) is 23.7 Å². The van der Waals surface area contributed by atoms with Crippen molar-refractivity contribution in [2.45, 2.75) is 57.1 Å². The van der Waals surface area contributed by atoms with Gasteiger partial charge < -0.3 is 28.8 Å². The van der Waals surface area contributed by atoms with E-state index in [0.717, 1.165) is 16.7 Å². The van der Waals surface area contributed by atoms with Crippen LogP contribution in [0.2, 0.25) is 0 Å². The maximum atomic E-state index is 13.0. The molecule has 3 aromatic carbocycles. The van der Waals surface area contributed by atoms with Crippen LogP contribution in [0.15, 0.2) is 90.0 Å². The molecule has 54 heavy (non-hydrogen) atoms. The lowest BCUT2D eigenvalue weighted by Crippen LogP contribution is -2.39. The number of nitrogens with one attached hydrogen (secondary N) is 2. The normalized spacial score (nSPS) is 17.0.